The summed E-state index contributed by atoms with van der Waals surface area (Å²) in [4.78, 5) is 4.52. The summed E-state index contributed by atoms with van der Waals surface area (Å²) in [7, 11) is 0. The van der Waals surface area contributed by atoms with Gasteiger partial charge in [0.25, 0.3) is 0 Å². The SMILES string of the molecule is Cc1cccc(C2=C(c3ccnc(NCc4ccccc4)c3)N3N=CC=CC3N2)c1. The van der Waals surface area contributed by atoms with Crippen molar-refractivity contribution in [2.45, 2.75) is 19.6 Å². The van der Waals surface area contributed by atoms with Gasteiger partial charge >= 0.3 is 0 Å². The number of aromatic nitrogens is 1. The van der Waals surface area contributed by atoms with Gasteiger partial charge in [0, 0.05) is 30.1 Å². The first-order chi connectivity index (χ1) is 14.8. The highest BCUT2D eigenvalue weighted by Crippen LogP contribution is 2.36. The Hall–Kier alpha value is -3.86. The van der Waals surface area contributed by atoms with E-state index in [2.05, 4.69) is 76.2 Å². The highest BCUT2D eigenvalue weighted by Gasteiger charge is 2.32. The fourth-order valence-electron chi connectivity index (χ4n) is 3.82. The Morgan fingerprint density at radius 3 is 2.77 bits per heavy atom. The molecule has 5 rings (SSSR count). The van der Waals surface area contributed by atoms with Crippen LogP contribution < -0.4 is 10.6 Å². The molecule has 5 nitrogen and oxygen atoms in total. The van der Waals surface area contributed by atoms with Crippen molar-refractivity contribution in [3.8, 4) is 0 Å². The molecule has 5 heteroatoms. The Kier molecular flexibility index (Phi) is 4.77. The molecule has 3 aromatic rings. The second-order valence-corrected chi connectivity index (χ2v) is 7.45. The first-order valence-electron chi connectivity index (χ1n) is 10.1. The predicted molar refractivity (Wildman–Crippen MR) is 122 cm³/mol. The zero-order valence-electron chi connectivity index (χ0n) is 16.8. The van der Waals surface area contributed by atoms with E-state index in [0.717, 1.165) is 34.9 Å². The summed E-state index contributed by atoms with van der Waals surface area (Å²) in [6, 6.07) is 23.0. The molecule has 1 unspecified atom stereocenters. The second kappa shape index (κ2) is 7.87. The molecule has 0 aliphatic carbocycles. The summed E-state index contributed by atoms with van der Waals surface area (Å²) in [6.07, 6.45) is 7.78. The first kappa shape index (κ1) is 18.2. The molecule has 30 heavy (non-hydrogen) atoms. The summed E-state index contributed by atoms with van der Waals surface area (Å²) in [5.74, 6) is 0.840. The normalized spacial score (nSPS) is 17.1. The number of benzene rings is 2. The van der Waals surface area contributed by atoms with Crippen LogP contribution in [0.15, 0.2) is 90.2 Å². The topological polar surface area (TPSA) is 52.6 Å². The van der Waals surface area contributed by atoms with Crippen LogP contribution >= 0.6 is 0 Å². The lowest BCUT2D eigenvalue weighted by Gasteiger charge is -2.23. The second-order valence-electron chi connectivity index (χ2n) is 7.45. The number of nitrogens with zero attached hydrogens (tertiary/aromatic N) is 3. The molecule has 0 saturated carbocycles. The molecule has 1 atom stereocenters. The number of nitrogens with one attached hydrogen (secondary N) is 2. The average Bonchev–Trinajstić information content (AvgIpc) is 3.18. The lowest BCUT2D eigenvalue weighted by atomic mass is 10.0. The van der Waals surface area contributed by atoms with E-state index < -0.39 is 0 Å². The molecule has 3 heterocycles. The van der Waals surface area contributed by atoms with Gasteiger partial charge in [-0.2, -0.15) is 5.10 Å². The van der Waals surface area contributed by atoms with Crippen molar-refractivity contribution in [3.63, 3.8) is 0 Å². The molecule has 1 aromatic heterocycles. The van der Waals surface area contributed by atoms with Gasteiger partial charge in [0.15, 0.2) is 0 Å². The van der Waals surface area contributed by atoms with E-state index >= 15 is 0 Å². The zero-order valence-corrected chi connectivity index (χ0v) is 16.8. The Bertz CT molecular complexity index is 1150. The van der Waals surface area contributed by atoms with Crippen molar-refractivity contribution in [2.24, 2.45) is 5.10 Å². The number of hydrogen-bond acceptors (Lipinski definition) is 5. The van der Waals surface area contributed by atoms with E-state index in [9.17, 15) is 0 Å². The van der Waals surface area contributed by atoms with Gasteiger partial charge in [0.2, 0.25) is 0 Å². The van der Waals surface area contributed by atoms with Gasteiger partial charge in [-0.15, -0.1) is 0 Å². The number of anilines is 1. The smallest absolute Gasteiger partial charge is 0.140 e. The third-order valence-electron chi connectivity index (χ3n) is 5.25. The van der Waals surface area contributed by atoms with Crippen LogP contribution in [-0.2, 0) is 6.54 Å². The molecule has 2 aliphatic rings. The minimum absolute atomic E-state index is 0.00871. The molecule has 0 bridgehead atoms. The van der Waals surface area contributed by atoms with Crippen molar-refractivity contribution in [1.29, 1.82) is 0 Å². The maximum Gasteiger partial charge on any atom is 0.140 e. The van der Waals surface area contributed by atoms with E-state index in [4.69, 9.17) is 0 Å². The monoisotopic (exact) mass is 393 g/mol. The van der Waals surface area contributed by atoms with Gasteiger partial charge in [-0.05, 0) is 42.8 Å². The standard InChI is InChI=1S/C25H23N5/c1-18-7-5-10-20(15-18)24-25(30-23(29-24)11-6-13-28-30)21-12-14-26-22(16-21)27-17-19-8-3-2-4-9-19/h2-16,23,29H,17H2,1H3,(H,26,27). The molecule has 0 fully saturated rings. The Morgan fingerprint density at radius 1 is 1.00 bits per heavy atom. The van der Waals surface area contributed by atoms with Crippen molar-refractivity contribution in [1.82, 2.24) is 15.3 Å². The Balaban J connectivity index is 1.51. The largest absolute Gasteiger partial charge is 0.366 e. The molecule has 0 radical (unpaired) electrons. The number of hydrogen-bond donors (Lipinski definition) is 2. The van der Waals surface area contributed by atoms with Gasteiger partial charge in [0.05, 0.1) is 11.4 Å². The molecular weight excluding hydrogens is 370 g/mol. The zero-order chi connectivity index (χ0) is 20.3. The Labute approximate surface area is 176 Å². The van der Waals surface area contributed by atoms with Crippen LogP contribution in [0.4, 0.5) is 5.82 Å². The first-order valence-corrected chi connectivity index (χ1v) is 10.1. The molecule has 0 spiro atoms. The van der Waals surface area contributed by atoms with Gasteiger partial charge in [-0.25, -0.2) is 9.99 Å². The average molecular weight is 393 g/mol. The van der Waals surface area contributed by atoms with Crippen LogP contribution in [0.1, 0.15) is 22.3 Å². The van der Waals surface area contributed by atoms with Crippen molar-refractivity contribution >= 4 is 23.4 Å². The minimum atomic E-state index is 0.00871. The van der Waals surface area contributed by atoms with Crippen molar-refractivity contribution < 1.29 is 0 Å². The summed E-state index contributed by atoms with van der Waals surface area (Å²) in [5, 5.41) is 13.7. The lowest BCUT2D eigenvalue weighted by Crippen LogP contribution is -2.33. The number of fused-ring (bicyclic) bond motifs is 1. The van der Waals surface area contributed by atoms with Gasteiger partial charge in [-0.3, -0.25) is 0 Å². The predicted octanol–water partition coefficient (Wildman–Crippen LogP) is 4.61. The summed E-state index contributed by atoms with van der Waals surface area (Å²) >= 11 is 0. The van der Waals surface area contributed by atoms with Crippen molar-refractivity contribution in [2.75, 3.05) is 5.32 Å². The third kappa shape index (κ3) is 3.57. The maximum atomic E-state index is 4.63. The highest BCUT2D eigenvalue weighted by atomic mass is 15.5. The number of hydrazone groups is 1. The van der Waals surface area contributed by atoms with E-state index in [1.54, 1.807) is 0 Å². The number of allylic oxidation sites excluding steroid dienone is 1. The quantitative estimate of drug-likeness (QED) is 0.664. The molecular formula is C25H23N5. The summed E-state index contributed by atoms with van der Waals surface area (Å²) in [5.41, 5.74) is 6.80. The van der Waals surface area contributed by atoms with Crippen LogP contribution in [-0.4, -0.2) is 22.4 Å². The molecule has 2 aromatic carbocycles. The summed E-state index contributed by atoms with van der Waals surface area (Å²) < 4.78 is 0. The van der Waals surface area contributed by atoms with E-state index in [1.807, 2.05) is 47.8 Å². The number of rotatable bonds is 5. The van der Waals surface area contributed by atoms with Gasteiger partial charge < -0.3 is 10.6 Å². The van der Waals surface area contributed by atoms with Crippen LogP contribution in [0.5, 0.6) is 0 Å². The van der Waals surface area contributed by atoms with Crippen LogP contribution in [0, 0.1) is 6.92 Å². The number of pyridine rings is 1. The lowest BCUT2D eigenvalue weighted by molar-refractivity contribution is 0.357. The number of aryl methyl sites for hydroxylation is 1. The fourth-order valence-corrected chi connectivity index (χ4v) is 3.82. The van der Waals surface area contributed by atoms with Gasteiger partial charge in [-0.1, -0.05) is 54.1 Å². The molecule has 2 aliphatic heterocycles. The molecule has 0 amide bonds. The Morgan fingerprint density at radius 2 is 1.90 bits per heavy atom. The fraction of sp³-hybridized carbons (Fsp3) is 0.120. The van der Waals surface area contributed by atoms with E-state index in [-0.39, 0.29) is 6.17 Å². The van der Waals surface area contributed by atoms with E-state index in [1.165, 1.54) is 11.1 Å². The van der Waals surface area contributed by atoms with Crippen molar-refractivity contribution in [3.05, 3.63) is 107 Å². The van der Waals surface area contributed by atoms with Crippen LogP contribution in [0.25, 0.3) is 11.4 Å². The summed E-state index contributed by atoms with van der Waals surface area (Å²) in [6.45, 7) is 2.84. The minimum Gasteiger partial charge on any atom is -0.366 e. The molecule has 148 valence electrons. The maximum absolute atomic E-state index is 4.63. The van der Waals surface area contributed by atoms with E-state index in [0.29, 0.717) is 0 Å². The van der Waals surface area contributed by atoms with Gasteiger partial charge in [0.1, 0.15) is 12.0 Å². The van der Waals surface area contributed by atoms with Crippen LogP contribution in [0.2, 0.25) is 0 Å². The van der Waals surface area contributed by atoms with Crippen LogP contribution in [0.3, 0.4) is 0 Å². The third-order valence-corrected chi connectivity index (χ3v) is 5.25. The highest BCUT2D eigenvalue weighted by molar-refractivity contribution is 5.93. The molecule has 2 N–H and O–H groups in total. The molecule has 0 saturated heterocycles.